The van der Waals surface area contributed by atoms with Gasteiger partial charge in [-0.2, -0.15) is 0 Å². The molecule has 2 atom stereocenters. The van der Waals surface area contributed by atoms with Crippen molar-refractivity contribution in [2.45, 2.75) is 140 Å². The molecule has 580 valence electrons. The zero-order valence-corrected chi connectivity index (χ0v) is 66.5. The third-order valence-corrected chi connectivity index (χ3v) is 25.5. The van der Waals surface area contributed by atoms with E-state index >= 15 is 17.6 Å². The number of imidazole rings is 2. The number of carboxylic acid groups (broad SMARTS) is 1. The molecule has 28 heteroatoms. The van der Waals surface area contributed by atoms with E-state index in [-0.39, 0.29) is 109 Å². The number of nitrogens with zero attached hydrogens (tertiary/aromatic N) is 3. The summed E-state index contributed by atoms with van der Waals surface area (Å²) in [5.74, 6) is -8.17. The number of hydrogen-bond acceptors (Lipinski definition) is 15. The monoisotopic (exact) mass is 1680 g/mol. The zero-order chi connectivity index (χ0) is 79.3. The van der Waals surface area contributed by atoms with E-state index in [9.17, 15) is 44.7 Å². The number of sulfone groups is 2. The van der Waals surface area contributed by atoms with E-state index in [4.69, 9.17) is 18.9 Å². The van der Waals surface area contributed by atoms with Crippen LogP contribution in [0.3, 0.4) is 0 Å². The Morgan fingerprint density at radius 3 is 2.20 bits per heavy atom. The van der Waals surface area contributed by atoms with Gasteiger partial charge in [0.05, 0.1) is 52.0 Å². The second kappa shape index (κ2) is 33.1. The predicted octanol–water partition coefficient (Wildman–Crippen LogP) is 18.0. The van der Waals surface area contributed by atoms with Gasteiger partial charge in [0, 0.05) is 103 Å². The average Bonchev–Trinajstić information content (AvgIpc) is 1.56. The number of nitrogens with one attached hydrogen (secondary N) is 3. The van der Waals surface area contributed by atoms with E-state index in [0.29, 0.717) is 42.3 Å². The number of hydrogen-bond donors (Lipinski definition) is 4. The number of aromatic nitrogens is 6. The van der Waals surface area contributed by atoms with Gasteiger partial charge in [-0.1, -0.05) is 95.1 Å². The molecule has 5 heterocycles. The Morgan fingerprint density at radius 2 is 1.47 bits per heavy atom. The summed E-state index contributed by atoms with van der Waals surface area (Å²) in [5, 5.41) is 9.80. The standard InChI is InChI=1S/C45H46F2IN3O9S2.C37H39F2N3O5S/c1-6-58-41(53)27-61(54,55)26-36-34-18-21-51(62(56,57)33-14-8-7-9-15-33)39(34)24-38(47)42(36)60-32-16-17-37(46)35(23-32)43-49-25-40(50-43)45(5,30-12-10-13-31(48)22-30)20-11-19-44(3,4)28-59-29(2)52;1-36(2)13-5-14-37(3,24-7-4-6-23(18-24)8-11-33(43)44)32-21-41-35(42-32)27-19-25(9-10-29(27)38)47-34-28(22-48(45,46)17-15-36)26-12-16-40-31(26)20-30(34)39/h7-10,12-18,21-25H,6,11,19-20,26-28H2,1-5H3,(H,49,50);4,6-7,9-10,12,16,18-21,40H,5,8,11,13-15,17,22H2,1-3H3,(H,41,42)(H,43,44). The van der Waals surface area contributed by atoms with Crippen LogP contribution in [0.2, 0.25) is 0 Å². The van der Waals surface area contributed by atoms with Crippen molar-refractivity contribution in [3.05, 3.63) is 230 Å². The van der Waals surface area contributed by atoms with Gasteiger partial charge in [0.15, 0.2) is 42.8 Å². The summed E-state index contributed by atoms with van der Waals surface area (Å²) < 4.78 is 169. The van der Waals surface area contributed by atoms with Gasteiger partial charge >= 0.3 is 17.9 Å². The fourth-order valence-electron chi connectivity index (χ4n) is 13.9. The van der Waals surface area contributed by atoms with E-state index in [1.807, 2.05) is 56.3 Å². The second-order valence-corrected chi connectivity index (χ2v) is 37.0. The molecule has 0 fully saturated rings. The molecule has 0 amide bonds. The lowest BCUT2D eigenvalue weighted by Crippen LogP contribution is -2.26. The van der Waals surface area contributed by atoms with Crippen molar-refractivity contribution in [3.63, 3.8) is 0 Å². The van der Waals surface area contributed by atoms with Gasteiger partial charge < -0.3 is 39.0 Å². The maximum Gasteiger partial charge on any atom is 0.321 e. The van der Waals surface area contributed by atoms with Gasteiger partial charge in [0.25, 0.3) is 10.0 Å². The fourth-order valence-corrected chi connectivity index (χ4v) is 18.8. The van der Waals surface area contributed by atoms with Gasteiger partial charge in [-0.05, 0) is 182 Å². The van der Waals surface area contributed by atoms with Crippen LogP contribution >= 0.6 is 22.6 Å². The van der Waals surface area contributed by atoms with Crippen molar-refractivity contribution in [2.75, 3.05) is 24.7 Å². The van der Waals surface area contributed by atoms with Gasteiger partial charge in [-0.25, -0.2) is 56.8 Å². The van der Waals surface area contributed by atoms with Gasteiger partial charge in [-0.15, -0.1) is 0 Å². The molecule has 11 aromatic rings. The number of carbonyl (C=O) groups excluding carboxylic acids is 2. The normalized spacial score (nSPS) is 15.9. The van der Waals surface area contributed by atoms with Crippen molar-refractivity contribution in [1.82, 2.24) is 28.9 Å². The molecule has 7 aromatic carbocycles. The third kappa shape index (κ3) is 19.0. The Kier molecular flexibility index (Phi) is 24.5. The number of H-pyrrole nitrogens is 3. The Labute approximate surface area is 649 Å². The maximum atomic E-state index is 16.4. The summed E-state index contributed by atoms with van der Waals surface area (Å²) in [4.78, 5) is 53.7. The Hall–Kier alpha value is -9.65. The van der Waals surface area contributed by atoms with Crippen LogP contribution in [-0.2, 0) is 82.3 Å². The molecule has 0 saturated heterocycles. The molecule has 1 aliphatic rings. The van der Waals surface area contributed by atoms with Crippen molar-refractivity contribution < 1.29 is 81.3 Å². The summed E-state index contributed by atoms with van der Waals surface area (Å²) in [6.45, 7) is 15.4. The number of aryl methyl sites for hydroxylation is 1. The van der Waals surface area contributed by atoms with Crippen molar-refractivity contribution in [2.24, 2.45) is 10.8 Å². The number of ether oxygens (including phenoxy) is 4. The summed E-state index contributed by atoms with van der Waals surface area (Å²) in [7, 11) is -12.3. The minimum Gasteiger partial charge on any atom is -0.481 e. The van der Waals surface area contributed by atoms with Crippen LogP contribution in [-0.4, -0.2) is 102 Å². The van der Waals surface area contributed by atoms with Gasteiger partial charge in [-0.3, -0.25) is 14.4 Å². The smallest absolute Gasteiger partial charge is 0.321 e. The average molecular weight is 1680 g/mol. The number of aromatic amines is 3. The van der Waals surface area contributed by atoms with E-state index < -0.39 is 98.7 Å². The molecule has 2 unspecified atom stereocenters. The summed E-state index contributed by atoms with van der Waals surface area (Å²) in [6.07, 6.45) is 11.2. The molecule has 4 aromatic heterocycles. The van der Waals surface area contributed by atoms with Crippen molar-refractivity contribution in [3.8, 4) is 45.8 Å². The van der Waals surface area contributed by atoms with E-state index in [1.165, 1.54) is 86.8 Å². The largest absolute Gasteiger partial charge is 0.481 e. The first kappa shape index (κ1) is 81.3. The minimum atomic E-state index is -4.35. The van der Waals surface area contributed by atoms with E-state index in [0.717, 1.165) is 67.7 Å². The van der Waals surface area contributed by atoms with Gasteiger partial charge in [0.1, 0.15) is 40.5 Å². The van der Waals surface area contributed by atoms with Crippen LogP contribution in [0, 0.1) is 37.7 Å². The highest BCUT2D eigenvalue weighted by Gasteiger charge is 2.37. The second-order valence-electron chi connectivity index (χ2n) is 29.7. The van der Waals surface area contributed by atoms with Crippen LogP contribution in [0.4, 0.5) is 17.6 Å². The highest BCUT2D eigenvalue weighted by Crippen LogP contribution is 2.45. The number of halogens is 5. The molecule has 20 nitrogen and oxygen atoms in total. The summed E-state index contributed by atoms with van der Waals surface area (Å²) in [6, 6.07) is 36.1. The molecule has 110 heavy (non-hydrogen) atoms. The van der Waals surface area contributed by atoms with Crippen LogP contribution in [0.25, 0.3) is 44.6 Å². The number of fused-ring (bicyclic) bond motifs is 9. The number of benzene rings is 7. The summed E-state index contributed by atoms with van der Waals surface area (Å²) in [5.41, 5.74) is 2.73. The fraction of sp³-hybridized carbons (Fsp3) is 0.329. The SMILES string of the molecule is CC1(C)CCCC(C)(c2cccc(CCC(=O)O)c2)c2cnc([nH]2)-c2cc(ccc2F)Oc2c(F)cc3[nH]ccc3c2CS(=O)(=O)CC1.CCOC(=O)CS(=O)(=O)Cc1c(Oc2ccc(F)c(-c3ncc(C(C)(CCCC(C)(C)COC(C)=O)c4cccc(I)c4)[nH]3)c2)c(F)cc2c1ccn2S(=O)(=O)c1ccccc1. The maximum absolute atomic E-state index is 16.4. The molecule has 12 rings (SSSR count). The predicted molar refractivity (Wildman–Crippen MR) is 420 cm³/mol. The first-order chi connectivity index (χ1) is 52.0. The highest BCUT2D eigenvalue weighted by atomic mass is 127. The molecule has 0 aliphatic carbocycles. The molecular formula is C82H85F4IN6O14S3. The highest BCUT2D eigenvalue weighted by molar-refractivity contribution is 14.1. The number of rotatable bonds is 22. The first-order valence-corrected chi connectivity index (χ1v) is 41.9. The summed E-state index contributed by atoms with van der Waals surface area (Å²) >= 11 is 2.25. The van der Waals surface area contributed by atoms with E-state index in [1.54, 1.807) is 30.7 Å². The van der Waals surface area contributed by atoms with Crippen molar-refractivity contribution in [1.29, 1.82) is 0 Å². The molecule has 0 radical (unpaired) electrons. The molecule has 4 N–H and O–H groups in total. The Morgan fingerprint density at radius 1 is 0.755 bits per heavy atom. The molecule has 1 aliphatic heterocycles. The lowest BCUT2D eigenvalue weighted by Gasteiger charge is -2.32. The molecular weight excluding hydrogens is 1590 g/mol. The minimum absolute atomic E-state index is 0.00754. The van der Waals surface area contributed by atoms with E-state index in [2.05, 4.69) is 81.3 Å². The topological polar surface area (TPSA) is 289 Å². The van der Waals surface area contributed by atoms with Crippen LogP contribution in [0.15, 0.2) is 169 Å². The van der Waals surface area contributed by atoms with Crippen LogP contribution in [0.1, 0.15) is 146 Å². The molecule has 0 spiro atoms. The number of aliphatic carboxylic acids is 1. The lowest BCUT2D eigenvalue weighted by molar-refractivity contribution is -0.144. The van der Waals surface area contributed by atoms with Gasteiger partial charge in [0.2, 0.25) is 0 Å². The quantitative estimate of drug-likeness (QED) is 0.0279. The Balaban J connectivity index is 0.000000225. The Bertz CT molecular complexity index is 5630. The number of esters is 2. The number of carbonyl (C=O) groups is 3. The molecule has 4 bridgehead atoms. The van der Waals surface area contributed by atoms with Crippen LogP contribution in [0.5, 0.6) is 23.0 Å². The molecule has 0 saturated carbocycles. The third-order valence-electron chi connectivity index (χ3n) is 20.1. The van der Waals surface area contributed by atoms with Crippen LogP contribution < -0.4 is 9.47 Å². The first-order valence-electron chi connectivity index (χ1n) is 35.7. The lowest BCUT2D eigenvalue weighted by atomic mass is 9.73. The zero-order valence-electron chi connectivity index (χ0n) is 61.9. The number of carboxylic acids is 1. The van der Waals surface area contributed by atoms with Crippen molar-refractivity contribution >= 4 is 92.0 Å².